The van der Waals surface area contributed by atoms with Gasteiger partial charge in [-0.2, -0.15) is 0 Å². The van der Waals surface area contributed by atoms with E-state index in [4.69, 9.17) is 4.98 Å². The van der Waals surface area contributed by atoms with Gasteiger partial charge in [0, 0.05) is 31.6 Å². The molecule has 4 heteroatoms. The third-order valence-electron chi connectivity index (χ3n) is 4.29. The van der Waals surface area contributed by atoms with Gasteiger partial charge >= 0.3 is 0 Å². The van der Waals surface area contributed by atoms with Gasteiger partial charge in [-0.05, 0) is 25.7 Å². The number of aromatic nitrogens is 2. The van der Waals surface area contributed by atoms with Gasteiger partial charge in [-0.15, -0.1) is 0 Å². The normalized spacial score (nSPS) is 19.5. The Morgan fingerprint density at radius 2 is 2.10 bits per heavy atom. The summed E-state index contributed by atoms with van der Waals surface area (Å²) in [6.45, 7) is 11.0. The van der Waals surface area contributed by atoms with Gasteiger partial charge in [0.1, 0.15) is 17.5 Å². The largest absolute Gasteiger partial charge is 0.373 e. The fourth-order valence-electron chi connectivity index (χ4n) is 2.92. The molecule has 0 saturated carbocycles. The Labute approximate surface area is 123 Å². The molecule has 0 radical (unpaired) electrons. The number of hydrogen-bond acceptors (Lipinski definition) is 4. The lowest BCUT2D eigenvalue weighted by molar-refractivity contribution is 0.402. The van der Waals surface area contributed by atoms with Crippen LogP contribution in [0.5, 0.6) is 0 Å². The molecule has 1 aromatic rings. The van der Waals surface area contributed by atoms with Crippen LogP contribution in [-0.4, -0.2) is 30.1 Å². The van der Waals surface area contributed by atoms with Crippen LogP contribution in [0, 0.1) is 12.8 Å². The topological polar surface area (TPSA) is 41.1 Å². The highest BCUT2D eigenvalue weighted by Crippen LogP contribution is 2.30. The van der Waals surface area contributed by atoms with Gasteiger partial charge < -0.3 is 10.2 Å². The zero-order chi connectivity index (χ0) is 14.7. The number of hydrogen-bond donors (Lipinski definition) is 1. The Bertz CT molecular complexity index is 456. The van der Waals surface area contributed by atoms with E-state index < -0.39 is 0 Å². The molecule has 1 atom stereocenters. The highest BCUT2D eigenvalue weighted by atomic mass is 15.2. The SMILES string of the molecule is CCC1CCCN(c2nc(C(C)C)nc(NC)c2C)C1. The molecular weight excluding hydrogens is 248 g/mol. The van der Waals surface area contributed by atoms with E-state index >= 15 is 0 Å². The highest BCUT2D eigenvalue weighted by molar-refractivity contribution is 5.58. The van der Waals surface area contributed by atoms with E-state index in [-0.39, 0.29) is 0 Å². The standard InChI is InChI=1S/C16H28N4/c1-6-13-8-7-9-20(10-13)16-12(4)15(17-5)18-14(19-16)11(2)3/h11,13H,6-10H2,1-5H3,(H,17,18,19). The second kappa shape index (κ2) is 6.42. The van der Waals surface area contributed by atoms with Crippen LogP contribution in [0.4, 0.5) is 11.6 Å². The third kappa shape index (κ3) is 3.05. The van der Waals surface area contributed by atoms with Gasteiger partial charge in [0.2, 0.25) is 0 Å². The van der Waals surface area contributed by atoms with Gasteiger partial charge in [0.25, 0.3) is 0 Å². The van der Waals surface area contributed by atoms with Crippen LogP contribution in [0.3, 0.4) is 0 Å². The Morgan fingerprint density at radius 1 is 1.35 bits per heavy atom. The second-order valence-electron chi connectivity index (χ2n) is 6.15. The minimum atomic E-state index is 0.355. The molecule has 1 aliphatic rings. The quantitative estimate of drug-likeness (QED) is 0.912. The van der Waals surface area contributed by atoms with Crippen LogP contribution >= 0.6 is 0 Å². The van der Waals surface area contributed by atoms with Crippen molar-refractivity contribution in [2.24, 2.45) is 5.92 Å². The molecule has 1 N–H and O–H groups in total. The first-order valence-electron chi connectivity index (χ1n) is 7.88. The Balaban J connectivity index is 2.36. The maximum atomic E-state index is 4.85. The van der Waals surface area contributed by atoms with Crippen LogP contribution in [0.1, 0.15) is 57.3 Å². The summed E-state index contributed by atoms with van der Waals surface area (Å²) in [5.74, 6) is 4.20. The number of piperidine rings is 1. The summed E-state index contributed by atoms with van der Waals surface area (Å²) in [5.41, 5.74) is 1.17. The molecule has 1 fully saturated rings. The molecule has 1 aliphatic heterocycles. The van der Waals surface area contributed by atoms with Crippen molar-refractivity contribution in [3.63, 3.8) is 0 Å². The van der Waals surface area contributed by atoms with Crippen molar-refractivity contribution in [2.45, 2.75) is 52.9 Å². The van der Waals surface area contributed by atoms with Crippen molar-refractivity contribution < 1.29 is 0 Å². The Kier molecular flexibility index (Phi) is 4.84. The molecule has 1 unspecified atom stereocenters. The van der Waals surface area contributed by atoms with Gasteiger partial charge in [-0.1, -0.05) is 27.2 Å². The summed E-state index contributed by atoms with van der Waals surface area (Å²) < 4.78 is 0. The molecule has 112 valence electrons. The summed E-state index contributed by atoms with van der Waals surface area (Å²) in [6, 6.07) is 0. The summed E-state index contributed by atoms with van der Waals surface area (Å²) in [6.07, 6.45) is 3.89. The molecule has 0 spiro atoms. The van der Waals surface area contributed by atoms with Crippen molar-refractivity contribution in [2.75, 3.05) is 30.4 Å². The Hall–Kier alpha value is -1.32. The molecular formula is C16H28N4. The summed E-state index contributed by atoms with van der Waals surface area (Å²) >= 11 is 0. The lowest BCUT2D eigenvalue weighted by atomic mass is 9.95. The summed E-state index contributed by atoms with van der Waals surface area (Å²) in [7, 11) is 1.94. The van der Waals surface area contributed by atoms with E-state index in [1.807, 2.05) is 7.05 Å². The first-order valence-corrected chi connectivity index (χ1v) is 7.88. The molecule has 0 amide bonds. The van der Waals surface area contributed by atoms with E-state index in [0.29, 0.717) is 5.92 Å². The van der Waals surface area contributed by atoms with Crippen LogP contribution in [0.15, 0.2) is 0 Å². The fourth-order valence-corrected chi connectivity index (χ4v) is 2.92. The lowest BCUT2D eigenvalue weighted by Crippen LogP contribution is -2.36. The van der Waals surface area contributed by atoms with E-state index in [0.717, 1.165) is 36.5 Å². The smallest absolute Gasteiger partial charge is 0.137 e. The monoisotopic (exact) mass is 276 g/mol. The number of nitrogens with one attached hydrogen (secondary N) is 1. The van der Waals surface area contributed by atoms with E-state index in [1.165, 1.54) is 24.8 Å². The predicted molar refractivity (Wildman–Crippen MR) is 85.6 cm³/mol. The summed E-state index contributed by atoms with van der Waals surface area (Å²) in [4.78, 5) is 11.9. The highest BCUT2D eigenvalue weighted by Gasteiger charge is 2.23. The van der Waals surface area contributed by atoms with E-state index in [1.54, 1.807) is 0 Å². The van der Waals surface area contributed by atoms with Crippen LogP contribution in [0.2, 0.25) is 0 Å². The van der Waals surface area contributed by atoms with E-state index in [2.05, 4.69) is 42.9 Å². The third-order valence-corrected chi connectivity index (χ3v) is 4.29. The Morgan fingerprint density at radius 3 is 2.70 bits per heavy atom. The molecule has 4 nitrogen and oxygen atoms in total. The maximum absolute atomic E-state index is 4.85. The van der Waals surface area contributed by atoms with Crippen molar-refractivity contribution >= 4 is 11.6 Å². The number of nitrogens with zero attached hydrogens (tertiary/aromatic N) is 3. The fraction of sp³-hybridized carbons (Fsp3) is 0.750. The van der Waals surface area contributed by atoms with Crippen molar-refractivity contribution in [1.29, 1.82) is 0 Å². The maximum Gasteiger partial charge on any atom is 0.137 e. The zero-order valence-corrected chi connectivity index (χ0v) is 13.5. The van der Waals surface area contributed by atoms with Gasteiger partial charge in [0.05, 0.1) is 0 Å². The average molecular weight is 276 g/mol. The minimum absolute atomic E-state index is 0.355. The first kappa shape index (κ1) is 15.1. The van der Waals surface area contributed by atoms with Crippen molar-refractivity contribution in [1.82, 2.24) is 9.97 Å². The molecule has 1 aromatic heterocycles. The first-order chi connectivity index (χ1) is 9.56. The number of anilines is 2. The summed E-state index contributed by atoms with van der Waals surface area (Å²) in [5, 5.41) is 3.22. The second-order valence-corrected chi connectivity index (χ2v) is 6.15. The average Bonchev–Trinajstić information content (AvgIpc) is 2.47. The number of rotatable bonds is 4. The zero-order valence-electron chi connectivity index (χ0n) is 13.5. The molecule has 2 rings (SSSR count). The predicted octanol–water partition coefficient (Wildman–Crippen LogP) is 3.58. The van der Waals surface area contributed by atoms with Crippen molar-refractivity contribution in [3.8, 4) is 0 Å². The van der Waals surface area contributed by atoms with E-state index in [9.17, 15) is 0 Å². The van der Waals surface area contributed by atoms with Gasteiger partial charge in [-0.25, -0.2) is 9.97 Å². The minimum Gasteiger partial charge on any atom is -0.373 e. The van der Waals surface area contributed by atoms with Crippen molar-refractivity contribution in [3.05, 3.63) is 11.4 Å². The molecule has 0 aliphatic carbocycles. The molecule has 20 heavy (non-hydrogen) atoms. The molecule has 0 aromatic carbocycles. The molecule has 1 saturated heterocycles. The van der Waals surface area contributed by atoms with Gasteiger partial charge in [-0.3, -0.25) is 0 Å². The lowest BCUT2D eigenvalue weighted by Gasteiger charge is -2.34. The molecule has 2 heterocycles. The van der Waals surface area contributed by atoms with Crippen LogP contribution < -0.4 is 10.2 Å². The van der Waals surface area contributed by atoms with Crippen LogP contribution in [-0.2, 0) is 0 Å². The molecule has 0 bridgehead atoms. The van der Waals surface area contributed by atoms with Gasteiger partial charge in [0.15, 0.2) is 0 Å². The van der Waals surface area contributed by atoms with Crippen LogP contribution in [0.25, 0.3) is 0 Å².